The Morgan fingerprint density at radius 3 is 2.68 bits per heavy atom. The van der Waals surface area contributed by atoms with Gasteiger partial charge in [0.15, 0.2) is 0 Å². The largest absolute Gasteiger partial charge is 0.298 e. The molecule has 2 aromatic carbocycles. The molecule has 0 saturated heterocycles. The third-order valence-corrected chi connectivity index (χ3v) is 4.39. The van der Waals surface area contributed by atoms with Crippen LogP contribution in [-0.4, -0.2) is 11.5 Å². The van der Waals surface area contributed by atoms with Crippen LogP contribution in [-0.2, 0) is 11.2 Å². The fourth-order valence-corrected chi connectivity index (χ4v) is 3.16. The Kier molecular flexibility index (Phi) is 5.23. The van der Waals surface area contributed by atoms with Gasteiger partial charge < -0.3 is 0 Å². The molecule has 19 heavy (non-hydrogen) atoms. The van der Waals surface area contributed by atoms with E-state index in [4.69, 9.17) is 0 Å². The van der Waals surface area contributed by atoms with Gasteiger partial charge >= 0.3 is 0 Å². The van der Waals surface area contributed by atoms with Gasteiger partial charge in [-0.1, -0.05) is 46.3 Å². The zero-order chi connectivity index (χ0) is 13.7. The highest BCUT2D eigenvalue weighted by Gasteiger charge is 2.06. The molecule has 0 aliphatic rings. The second-order valence-corrected chi connectivity index (χ2v) is 6.35. The van der Waals surface area contributed by atoms with Crippen LogP contribution in [0.1, 0.15) is 11.1 Å². The van der Waals surface area contributed by atoms with E-state index in [0.717, 1.165) is 14.9 Å². The van der Waals surface area contributed by atoms with Crippen LogP contribution in [0.3, 0.4) is 0 Å². The first kappa shape index (κ1) is 14.4. The number of hydrogen-bond donors (Lipinski definition) is 0. The molecule has 2 rings (SSSR count). The lowest BCUT2D eigenvalue weighted by Gasteiger charge is -2.05. The molecule has 98 valence electrons. The molecule has 0 bridgehead atoms. The Morgan fingerprint density at radius 2 is 1.95 bits per heavy atom. The monoisotopic (exact) mass is 334 g/mol. The fourth-order valence-electron chi connectivity index (χ4n) is 1.79. The Labute approximate surface area is 126 Å². The van der Waals surface area contributed by atoms with E-state index in [2.05, 4.69) is 15.9 Å². The van der Waals surface area contributed by atoms with Gasteiger partial charge in [-0.25, -0.2) is 0 Å². The van der Waals surface area contributed by atoms with Crippen LogP contribution in [0.25, 0.3) is 0 Å². The number of carbonyl (C=O) groups excluding carboxylic acids is 1. The highest BCUT2D eigenvalue weighted by molar-refractivity contribution is 9.10. The van der Waals surface area contributed by atoms with Gasteiger partial charge in [0.05, 0.1) is 5.75 Å². The molecule has 0 amide bonds. The Balaban J connectivity index is 1.90. The molecule has 0 atom stereocenters. The maximum atomic E-state index is 12.0. The molecule has 1 nitrogen and oxygen atoms in total. The van der Waals surface area contributed by atoms with Crippen molar-refractivity contribution in [1.29, 1.82) is 0 Å². The van der Waals surface area contributed by atoms with Crippen molar-refractivity contribution in [1.82, 2.24) is 0 Å². The number of rotatable bonds is 5. The average Bonchev–Trinajstić information content (AvgIpc) is 2.39. The molecule has 0 fully saturated rings. The van der Waals surface area contributed by atoms with Crippen LogP contribution in [0, 0.1) is 6.92 Å². The van der Waals surface area contributed by atoms with E-state index in [-0.39, 0.29) is 5.78 Å². The van der Waals surface area contributed by atoms with Crippen molar-refractivity contribution in [2.24, 2.45) is 0 Å². The van der Waals surface area contributed by atoms with E-state index in [1.165, 1.54) is 5.56 Å². The number of benzene rings is 2. The third kappa shape index (κ3) is 4.51. The van der Waals surface area contributed by atoms with Gasteiger partial charge in [-0.15, -0.1) is 11.8 Å². The first-order chi connectivity index (χ1) is 9.15. The summed E-state index contributed by atoms with van der Waals surface area (Å²) in [6, 6.07) is 16.1. The molecule has 0 N–H and O–H groups in total. The average molecular weight is 335 g/mol. The molecule has 3 heteroatoms. The van der Waals surface area contributed by atoms with Crippen molar-refractivity contribution < 1.29 is 4.79 Å². The number of thioether (sulfide) groups is 1. The smallest absolute Gasteiger partial charge is 0.147 e. The molecule has 0 saturated carbocycles. The summed E-state index contributed by atoms with van der Waals surface area (Å²) in [6.45, 7) is 2.05. The molecule has 0 aliphatic carbocycles. The molecular weight excluding hydrogens is 320 g/mol. The lowest BCUT2D eigenvalue weighted by molar-refractivity contribution is -0.116. The van der Waals surface area contributed by atoms with Crippen molar-refractivity contribution in [2.45, 2.75) is 18.2 Å². The summed E-state index contributed by atoms with van der Waals surface area (Å²) in [6.07, 6.45) is 0.522. The summed E-state index contributed by atoms with van der Waals surface area (Å²) in [7, 11) is 0. The van der Waals surface area contributed by atoms with Crippen LogP contribution in [0.15, 0.2) is 57.9 Å². The van der Waals surface area contributed by atoms with Crippen LogP contribution in [0.5, 0.6) is 0 Å². The number of aryl methyl sites for hydroxylation is 1. The van der Waals surface area contributed by atoms with E-state index in [1.807, 2.05) is 55.5 Å². The summed E-state index contributed by atoms with van der Waals surface area (Å²) >= 11 is 5.02. The molecule has 0 aliphatic heterocycles. The third-order valence-electron chi connectivity index (χ3n) is 2.84. The van der Waals surface area contributed by atoms with E-state index in [0.29, 0.717) is 12.2 Å². The maximum Gasteiger partial charge on any atom is 0.147 e. The first-order valence-corrected chi connectivity index (χ1v) is 7.87. The van der Waals surface area contributed by atoms with Crippen LogP contribution >= 0.6 is 27.7 Å². The summed E-state index contributed by atoms with van der Waals surface area (Å²) in [4.78, 5) is 13.1. The normalized spacial score (nSPS) is 10.4. The number of halogens is 1. The van der Waals surface area contributed by atoms with E-state index < -0.39 is 0 Å². The molecule has 2 aromatic rings. The highest BCUT2D eigenvalue weighted by Crippen LogP contribution is 2.22. The van der Waals surface area contributed by atoms with Crippen molar-refractivity contribution >= 4 is 33.5 Å². The van der Waals surface area contributed by atoms with Crippen LogP contribution < -0.4 is 0 Å². The quantitative estimate of drug-likeness (QED) is 0.739. The first-order valence-electron chi connectivity index (χ1n) is 6.10. The summed E-state index contributed by atoms with van der Waals surface area (Å²) in [5.41, 5.74) is 2.31. The second kappa shape index (κ2) is 6.92. The minimum absolute atomic E-state index is 0.263. The number of ketones is 1. The molecule has 0 unspecified atom stereocenters. The van der Waals surface area contributed by atoms with Gasteiger partial charge in [0.1, 0.15) is 5.78 Å². The number of Topliss-reactive ketones (excluding diaryl/α,β-unsaturated/α-hetero) is 1. The van der Waals surface area contributed by atoms with Crippen LogP contribution in [0.2, 0.25) is 0 Å². The standard InChI is InChI=1S/C16H15BrOS/c1-12-5-2-3-6-13(12)9-15(18)11-19-16-8-4-7-14(17)10-16/h2-8,10H,9,11H2,1H3. The fraction of sp³-hybridized carbons (Fsp3) is 0.188. The SMILES string of the molecule is Cc1ccccc1CC(=O)CSc1cccc(Br)c1. The van der Waals surface area contributed by atoms with Crippen molar-refractivity contribution in [3.8, 4) is 0 Å². The summed E-state index contributed by atoms with van der Waals surface area (Å²) in [5, 5.41) is 0. The predicted molar refractivity (Wildman–Crippen MR) is 84.8 cm³/mol. The van der Waals surface area contributed by atoms with Gasteiger partial charge in [-0.05, 0) is 36.2 Å². The molecular formula is C16H15BrOS. The topological polar surface area (TPSA) is 17.1 Å². The summed E-state index contributed by atoms with van der Waals surface area (Å²) < 4.78 is 1.05. The van der Waals surface area contributed by atoms with E-state index in [1.54, 1.807) is 11.8 Å². The predicted octanol–water partition coefficient (Wildman–Crippen LogP) is 4.66. The highest BCUT2D eigenvalue weighted by atomic mass is 79.9. The minimum Gasteiger partial charge on any atom is -0.298 e. The zero-order valence-corrected chi connectivity index (χ0v) is 13.1. The maximum absolute atomic E-state index is 12.0. The lowest BCUT2D eigenvalue weighted by atomic mass is 10.0. The molecule has 0 radical (unpaired) electrons. The molecule has 0 aromatic heterocycles. The van der Waals surface area contributed by atoms with Crippen molar-refractivity contribution in [3.05, 3.63) is 64.1 Å². The zero-order valence-electron chi connectivity index (χ0n) is 10.7. The second-order valence-electron chi connectivity index (χ2n) is 4.39. The Hall–Kier alpha value is -1.06. The molecule has 0 heterocycles. The Morgan fingerprint density at radius 1 is 1.16 bits per heavy atom. The van der Waals surface area contributed by atoms with Crippen LogP contribution in [0.4, 0.5) is 0 Å². The van der Waals surface area contributed by atoms with Gasteiger partial charge in [-0.2, -0.15) is 0 Å². The van der Waals surface area contributed by atoms with E-state index in [9.17, 15) is 4.79 Å². The van der Waals surface area contributed by atoms with Gasteiger partial charge in [0, 0.05) is 15.8 Å². The number of carbonyl (C=O) groups is 1. The van der Waals surface area contributed by atoms with Crippen molar-refractivity contribution in [3.63, 3.8) is 0 Å². The van der Waals surface area contributed by atoms with Gasteiger partial charge in [0.2, 0.25) is 0 Å². The van der Waals surface area contributed by atoms with Crippen molar-refractivity contribution in [2.75, 3.05) is 5.75 Å². The molecule has 0 spiro atoms. The lowest BCUT2D eigenvalue weighted by Crippen LogP contribution is -2.06. The Bertz CT molecular complexity index is 580. The van der Waals surface area contributed by atoms with Gasteiger partial charge in [-0.3, -0.25) is 4.79 Å². The minimum atomic E-state index is 0.263. The van der Waals surface area contributed by atoms with Gasteiger partial charge in [0.25, 0.3) is 0 Å². The number of hydrogen-bond acceptors (Lipinski definition) is 2. The van der Waals surface area contributed by atoms with E-state index >= 15 is 0 Å². The summed E-state index contributed by atoms with van der Waals surface area (Å²) in [5.74, 6) is 0.782.